The fourth-order valence-corrected chi connectivity index (χ4v) is 3.41. The summed E-state index contributed by atoms with van der Waals surface area (Å²) in [6.45, 7) is -3.39. The molecule has 0 bridgehead atoms. The number of nitrogens with zero attached hydrogens (tertiary/aromatic N) is 2. The van der Waals surface area contributed by atoms with Gasteiger partial charge in [0.05, 0.1) is 10.6 Å². The Bertz CT molecular complexity index is 1010. The third kappa shape index (κ3) is 4.12. The zero-order valence-corrected chi connectivity index (χ0v) is 15.9. The average Bonchev–Trinajstić information content (AvgIpc) is 3.06. The second-order valence-corrected chi connectivity index (χ2v) is 6.98. The average molecular weight is 471 g/mol. The maximum absolute atomic E-state index is 14.0. The summed E-state index contributed by atoms with van der Waals surface area (Å²) in [6, 6.07) is 5.93. The van der Waals surface area contributed by atoms with Crippen LogP contribution >= 0.6 is 23.2 Å². The molecule has 1 aliphatic rings. The van der Waals surface area contributed by atoms with Crippen LogP contribution in [-0.2, 0) is 10.4 Å². The van der Waals surface area contributed by atoms with Crippen LogP contribution in [0.2, 0.25) is 10.0 Å². The van der Waals surface area contributed by atoms with Crippen LogP contribution in [0, 0.1) is 10.1 Å². The van der Waals surface area contributed by atoms with Crippen molar-refractivity contribution in [3.05, 3.63) is 67.7 Å². The molecule has 0 N–H and O–H groups in total. The van der Waals surface area contributed by atoms with E-state index in [1.165, 1.54) is 6.07 Å². The SMILES string of the molecule is O=[N+]([O-])c1ccc(C2=NOC(c3cc(Cl)cc(Cl)c3)(C(F)(F)F)C2)cc1OC(F)F. The predicted molar refractivity (Wildman–Crippen MR) is 96.2 cm³/mol. The zero-order chi connectivity index (χ0) is 22.3. The predicted octanol–water partition coefficient (Wildman–Crippen LogP) is 6.09. The summed E-state index contributed by atoms with van der Waals surface area (Å²) in [5.74, 6) is -0.828. The van der Waals surface area contributed by atoms with Crippen molar-refractivity contribution in [3.63, 3.8) is 0 Å². The molecule has 0 aromatic heterocycles. The molecule has 3 rings (SSSR count). The molecular weight excluding hydrogens is 462 g/mol. The maximum atomic E-state index is 14.0. The topological polar surface area (TPSA) is 74.0 Å². The van der Waals surface area contributed by atoms with Gasteiger partial charge in [-0.2, -0.15) is 22.0 Å². The van der Waals surface area contributed by atoms with Crippen LogP contribution in [0.25, 0.3) is 0 Å². The van der Waals surface area contributed by atoms with Gasteiger partial charge in [-0.1, -0.05) is 28.4 Å². The number of ether oxygens (including phenoxy) is 1. The van der Waals surface area contributed by atoms with Crippen LogP contribution in [0.1, 0.15) is 17.5 Å². The van der Waals surface area contributed by atoms with Gasteiger partial charge in [0, 0.05) is 33.7 Å². The Morgan fingerprint density at radius 3 is 2.33 bits per heavy atom. The number of halogens is 7. The molecule has 1 aliphatic heterocycles. The fourth-order valence-electron chi connectivity index (χ4n) is 2.88. The molecule has 2 aromatic rings. The van der Waals surface area contributed by atoms with Crippen LogP contribution in [0.15, 0.2) is 41.6 Å². The highest BCUT2D eigenvalue weighted by Gasteiger charge is 2.62. The summed E-state index contributed by atoms with van der Waals surface area (Å²) in [4.78, 5) is 14.8. The van der Waals surface area contributed by atoms with E-state index in [4.69, 9.17) is 28.0 Å². The van der Waals surface area contributed by atoms with Gasteiger partial charge in [0.1, 0.15) is 0 Å². The Labute approximate surface area is 174 Å². The summed E-state index contributed by atoms with van der Waals surface area (Å²) >= 11 is 11.6. The third-order valence-electron chi connectivity index (χ3n) is 4.22. The lowest BCUT2D eigenvalue weighted by atomic mass is 9.86. The first-order valence-electron chi connectivity index (χ1n) is 7.95. The second kappa shape index (κ2) is 7.88. The van der Waals surface area contributed by atoms with E-state index in [1.54, 1.807) is 0 Å². The van der Waals surface area contributed by atoms with Crippen molar-refractivity contribution in [2.24, 2.45) is 5.16 Å². The lowest BCUT2D eigenvalue weighted by Gasteiger charge is -2.29. The molecule has 13 heteroatoms. The number of rotatable bonds is 5. The Balaban J connectivity index is 2.03. The lowest BCUT2D eigenvalue weighted by Crippen LogP contribution is -2.42. The Morgan fingerprint density at radius 2 is 1.80 bits per heavy atom. The molecule has 0 saturated carbocycles. The molecule has 0 saturated heterocycles. The highest BCUT2D eigenvalue weighted by molar-refractivity contribution is 6.34. The molecular formula is C17H9Cl2F5N2O4. The number of nitro groups is 1. The highest BCUT2D eigenvalue weighted by Crippen LogP contribution is 2.50. The Kier molecular flexibility index (Phi) is 5.79. The fraction of sp³-hybridized carbons (Fsp3) is 0.235. The number of oxime groups is 1. The van der Waals surface area contributed by atoms with E-state index in [9.17, 15) is 32.1 Å². The van der Waals surface area contributed by atoms with Gasteiger partial charge >= 0.3 is 18.5 Å². The molecule has 0 aliphatic carbocycles. The van der Waals surface area contributed by atoms with Gasteiger partial charge < -0.3 is 9.57 Å². The summed E-state index contributed by atoms with van der Waals surface area (Å²) in [5, 5.41) is 14.3. The summed E-state index contributed by atoms with van der Waals surface area (Å²) < 4.78 is 71.2. The number of benzene rings is 2. The van der Waals surface area contributed by atoms with Gasteiger partial charge in [-0.05, 0) is 30.3 Å². The van der Waals surface area contributed by atoms with Gasteiger partial charge in [0.15, 0.2) is 0 Å². The van der Waals surface area contributed by atoms with Crippen LogP contribution in [0.4, 0.5) is 27.6 Å². The minimum atomic E-state index is -4.96. The van der Waals surface area contributed by atoms with Crippen LogP contribution in [0.5, 0.6) is 5.75 Å². The van der Waals surface area contributed by atoms with Crippen LogP contribution in [-0.4, -0.2) is 23.4 Å². The number of nitro benzene ring substituents is 1. The first-order valence-corrected chi connectivity index (χ1v) is 8.70. The van der Waals surface area contributed by atoms with Crippen molar-refractivity contribution in [1.82, 2.24) is 0 Å². The van der Waals surface area contributed by atoms with Crippen molar-refractivity contribution in [3.8, 4) is 5.75 Å². The van der Waals surface area contributed by atoms with Gasteiger partial charge in [-0.25, -0.2) is 0 Å². The molecule has 1 heterocycles. The van der Waals surface area contributed by atoms with Crippen LogP contribution in [0.3, 0.4) is 0 Å². The van der Waals surface area contributed by atoms with Gasteiger partial charge in [0.25, 0.3) is 5.60 Å². The second-order valence-electron chi connectivity index (χ2n) is 6.11. The van der Waals surface area contributed by atoms with Gasteiger partial charge in [-0.3, -0.25) is 10.1 Å². The maximum Gasteiger partial charge on any atom is 0.435 e. The highest BCUT2D eigenvalue weighted by atomic mass is 35.5. The standard InChI is InChI=1S/C17H9Cl2F5N2O4/c18-10-4-9(5-11(19)6-10)16(17(22,23)24)7-12(25-30-16)8-1-2-13(26(27)28)14(3-8)29-15(20)21/h1-6,15H,7H2. The molecule has 1 unspecified atom stereocenters. The van der Waals surface area contributed by atoms with E-state index in [0.29, 0.717) is 0 Å². The molecule has 6 nitrogen and oxygen atoms in total. The monoisotopic (exact) mass is 470 g/mol. The Morgan fingerprint density at radius 1 is 1.17 bits per heavy atom. The van der Waals surface area contributed by atoms with Crippen molar-refractivity contribution in [2.45, 2.75) is 24.8 Å². The van der Waals surface area contributed by atoms with E-state index in [2.05, 4.69) is 9.89 Å². The largest absolute Gasteiger partial charge is 0.435 e. The normalized spacial score (nSPS) is 18.9. The van der Waals surface area contributed by atoms with Crippen LogP contribution < -0.4 is 4.74 Å². The third-order valence-corrected chi connectivity index (χ3v) is 4.66. The van der Waals surface area contributed by atoms with E-state index in [0.717, 1.165) is 30.3 Å². The summed E-state index contributed by atoms with van der Waals surface area (Å²) in [5.41, 5.74) is -4.57. The van der Waals surface area contributed by atoms with E-state index < -0.39 is 46.7 Å². The molecule has 160 valence electrons. The molecule has 2 aromatic carbocycles. The molecule has 30 heavy (non-hydrogen) atoms. The van der Waals surface area contributed by atoms with Crippen molar-refractivity contribution in [2.75, 3.05) is 0 Å². The van der Waals surface area contributed by atoms with Gasteiger partial charge in [-0.15, -0.1) is 0 Å². The zero-order valence-electron chi connectivity index (χ0n) is 14.4. The van der Waals surface area contributed by atoms with E-state index in [1.807, 2.05) is 0 Å². The lowest BCUT2D eigenvalue weighted by molar-refractivity contribution is -0.386. The smallest absolute Gasteiger partial charge is 0.427 e. The van der Waals surface area contributed by atoms with Crippen molar-refractivity contribution < 1.29 is 36.4 Å². The number of hydrogen-bond acceptors (Lipinski definition) is 5. The van der Waals surface area contributed by atoms with E-state index in [-0.39, 0.29) is 21.3 Å². The Hall–Kier alpha value is -2.66. The van der Waals surface area contributed by atoms with Crippen molar-refractivity contribution in [1.29, 1.82) is 0 Å². The summed E-state index contributed by atoms with van der Waals surface area (Å²) in [6.07, 6.45) is -5.82. The molecule has 0 radical (unpaired) electrons. The molecule has 0 spiro atoms. The minimum absolute atomic E-state index is 0.0684. The number of alkyl halides is 5. The minimum Gasteiger partial charge on any atom is -0.427 e. The van der Waals surface area contributed by atoms with E-state index >= 15 is 0 Å². The first kappa shape index (κ1) is 22.0. The molecule has 1 atom stereocenters. The molecule has 0 amide bonds. The first-order chi connectivity index (χ1) is 13.9. The van der Waals surface area contributed by atoms with Gasteiger partial charge in [0.2, 0.25) is 5.75 Å². The quantitative estimate of drug-likeness (QED) is 0.301. The van der Waals surface area contributed by atoms with Crippen molar-refractivity contribution >= 4 is 34.6 Å². The summed E-state index contributed by atoms with van der Waals surface area (Å²) in [7, 11) is 0. The molecule has 0 fully saturated rings. The number of hydrogen-bond donors (Lipinski definition) is 0.